The molecule has 1 aliphatic rings. The van der Waals surface area contributed by atoms with Crippen molar-refractivity contribution in [1.82, 2.24) is 4.98 Å². The Morgan fingerprint density at radius 2 is 2.12 bits per heavy atom. The molecule has 1 N–H and O–H groups in total. The van der Waals surface area contributed by atoms with Gasteiger partial charge < -0.3 is 5.32 Å². The Morgan fingerprint density at radius 1 is 1.50 bits per heavy atom. The van der Waals surface area contributed by atoms with Crippen LogP contribution in [0, 0.1) is 11.3 Å². The molecule has 86 valence electrons. The van der Waals surface area contributed by atoms with Gasteiger partial charge in [-0.1, -0.05) is 22.9 Å². The quantitative estimate of drug-likeness (QED) is 0.895. The largest absolute Gasteiger partial charge is 0.411 e. The monoisotopic (exact) mass is 267 g/mol. The van der Waals surface area contributed by atoms with Gasteiger partial charge in [0.05, 0.1) is 0 Å². The van der Waals surface area contributed by atoms with E-state index in [4.69, 9.17) is 16.9 Å². The van der Waals surface area contributed by atoms with Crippen LogP contribution in [0.4, 0.5) is 18.3 Å². The van der Waals surface area contributed by atoms with Crippen LogP contribution in [-0.4, -0.2) is 16.7 Å². The summed E-state index contributed by atoms with van der Waals surface area (Å²) in [6, 6.07) is 1.76. The van der Waals surface area contributed by atoms with Crippen LogP contribution in [0.15, 0.2) is 0 Å². The molecule has 0 aliphatic heterocycles. The van der Waals surface area contributed by atoms with Crippen LogP contribution in [-0.2, 0) is 0 Å². The Balaban J connectivity index is 2.20. The van der Waals surface area contributed by atoms with Crippen molar-refractivity contribution in [3.05, 3.63) is 10.0 Å². The normalized spacial score (nSPS) is 17.9. The average Bonchev–Trinajstić information content (AvgIpc) is 2.85. The molecular formula is C8H5ClF3N3S. The molecular weight excluding hydrogens is 263 g/mol. The minimum absolute atomic E-state index is 0.0234. The molecule has 0 saturated heterocycles. The summed E-state index contributed by atoms with van der Waals surface area (Å²) in [7, 11) is 0. The molecule has 8 heteroatoms. The molecule has 1 aliphatic carbocycles. The summed E-state index contributed by atoms with van der Waals surface area (Å²) in [6.07, 6.45) is -4.26. The zero-order chi connectivity index (χ0) is 12.0. The smallest absolute Gasteiger partial charge is 0.347 e. The van der Waals surface area contributed by atoms with Crippen LogP contribution in [0.1, 0.15) is 17.7 Å². The minimum Gasteiger partial charge on any atom is -0.347 e. The summed E-state index contributed by atoms with van der Waals surface area (Å²) < 4.78 is 37.8. The van der Waals surface area contributed by atoms with Crippen LogP contribution in [0.25, 0.3) is 0 Å². The number of anilines is 1. The second-order valence-electron chi connectivity index (χ2n) is 3.46. The summed E-state index contributed by atoms with van der Waals surface area (Å²) in [4.78, 5) is 3.78. The molecule has 1 aromatic heterocycles. The van der Waals surface area contributed by atoms with E-state index < -0.39 is 11.7 Å². The van der Waals surface area contributed by atoms with Gasteiger partial charge in [0.1, 0.15) is 16.5 Å². The number of rotatable bonds is 2. The minimum atomic E-state index is -4.31. The van der Waals surface area contributed by atoms with Crippen molar-refractivity contribution in [2.45, 2.75) is 24.6 Å². The fourth-order valence-corrected chi connectivity index (χ4v) is 2.28. The standard InChI is InChI=1S/C8H5ClF3N3S/c9-5-4(3-13)16-6(14-5)15-7(1-2-7)8(10,11)12/h1-2H2,(H,14,15). The first-order valence-electron chi connectivity index (χ1n) is 4.29. The zero-order valence-electron chi connectivity index (χ0n) is 7.73. The number of nitrogens with one attached hydrogen (secondary N) is 1. The maximum absolute atomic E-state index is 12.6. The van der Waals surface area contributed by atoms with Gasteiger partial charge in [0.2, 0.25) is 0 Å². The topological polar surface area (TPSA) is 48.7 Å². The molecule has 1 saturated carbocycles. The van der Waals surface area contributed by atoms with Crippen molar-refractivity contribution in [3.63, 3.8) is 0 Å². The highest BCUT2D eigenvalue weighted by molar-refractivity contribution is 7.16. The lowest BCUT2D eigenvalue weighted by atomic mass is 10.3. The molecule has 0 spiro atoms. The van der Waals surface area contributed by atoms with E-state index in [0.29, 0.717) is 0 Å². The second-order valence-corrected chi connectivity index (χ2v) is 4.81. The number of alkyl halides is 3. The summed E-state index contributed by atoms with van der Waals surface area (Å²) in [5.74, 6) is 0. The lowest BCUT2D eigenvalue weighted by molar-refractivity contribution is -0.151. The molecule has 16 heavy (non-hydrogen) atoms. The van der Waals surface area contributed by atoms with E-state index in [9.17, 15) is 13.2 Å². The Bertz CT molecular complexity index is 458. The van der Waals surface area contributed by atoms with Gasteiger partial charge in [-0.15, -0.1) is 0 Å². The third kappa shape index (κ3) is 1.83. The van der Waals surface area contributed by atoms with E-state index in [2.05, 4.69) is 10.3 Å². The van der Waals surface area contributed by atoms with Crippen LogP contribution in [0.3, 0.4) is 0 Å². The van der Waals surface area contributed by atoms with E-state index in [-0.39, 0.29) is 28.0 Å². The van der Waals surface area contributed by atoms with Gasteiger partial charge in [0, 0.05) is 0 Å². The van der Waals surface area contributed by atoms with E-state index >= 15 is 0 Å². The maximum atomic E-state index is 12.6. The van der Waals surface area contributed by atoms with Crippen LogP contribution < -0.4 is 5.32 Å². The summed E-state index contributed by atoms with van der Waals surface area (Å²) in [5.41, 5.74) is -1.87. The highest BCUT2D eigenvalue weighted by Gasteiger charge is 2.63. The number of nitrogens with zero attached hydrogens (tertiary/aromatic N) is 2. The predicted octanol–water partition coefficient (Wildman–Crippen LogP) is 3.17. The molecule has 1 aromatic rings. The fraction of sp³-hybridized carbons (Fsp3) is 0.500. The van der Waals surface area contributed by atoms with E-state index in [1.54, 1.807) is 6.07 Å². The van der Waals surface area contributed by atoms with Gasteiger partial charge >= 0.3 is 6.18 Å². The van der Waals surface area contributed by atoms with Crippen LogP contribution in [0.5, 0.6) is 0 Å². The fourth-order valence-electron chi connectivity index (χ4n) is 1.23. The number of hydrogen-bond donors (Lipinski definition) is 1. The number of halogens is 4. The molecule has 3 nitrogen and oxygen atoms in total. The maximum Gasteiger partial charge on any atom is 0.411 e. The third-order valence-electron chi connectivity index (χ3n) is 2.33. The molecule has 0 aromatic carbocycles. The lowest BCUT2D eigenvalue weighted by Gasteiger charge is -2.19. The van der Waals surface area contributed by atoms with E-state index in [0.717, 1.165) is 11.3 Å². The summed E-state index contributed by atoms with van der Waals surface area (Å²) in [6.45, 7) is 0. The Kier molecular flexibility index (Phi) is 2.51. The zero-order valence-corrected chi connectivity index (χ0v) is 9.30. The molecule has 0 unspecified atom stereocenters. The molecule has 0 bridgehead atoms. The third-order valence-corrected chi connectivity index (χ3v) is 3.59. The van der Waals surface area contributed by atoms with Gasteiger partial charge in [-0.2, -0.15) is 18.4 Å². The molecule has 1 heterocycles. The van der Waals surface area contributed by atoms with Gasteiger partial charge in [-0.3, -0.25) is 0 Å². The van der Waals surface area contributed by atoms with Crippen molar-refractivity contribution in [1.29, 1.82) is 5.26 Å². The first-order chi connectivity index (χ1) is 7.38. The second kappa shape index (κ2) is 3.50. The SMILES string of the molecule is N#Cc1sc(NC2(C(F)(F)F)CC2)nc1Cl. The highest BCUT2D eigenvalue weighted by atomic mass is 35.5. The Morgan fingerprint density at radius 3 is 2.50 bits per heavy atom. The molecule has 0 amide bonds. The van der Waals surface area contributed by atoms with Crippen LogP contribution in [0.2, 0.25) is 5.15 Å². The molecule has 0 radical (unpaired) electrons. The van der Waals surface area contributed by atoms with Crippen molar-refractivity contribution < 1.29 is 13.2 Å². The summed E-state index contributed by atoms with van der Waals surface area (Å²) in [5, 5.41) is 10.9. The lowest BCUT2D eigenvalue weighted by Crippen LogP contribution is -2.38. The van der Waals surface area contributed by atoms with Gasteiger partial charge in [0.25, 0.3) is 0 Å². The van der Waals surface area contributed by atoms with Crippen molar-refractivity contribution >= 4 is 28.1 Å². The Hall–Kier alpha value is -1.00. The van der Waals surface area contributed by atoms with Gasteiger partial charge in [0.15, 0.2) is 10.3 Å². The first kappa shape index (κ1) is 11.5. The Labute approximate surface area is 97.9 Å². The van der Waals surface area contributed by atoms with Crippen LogP contribution >= 0.6 is 22.9 Å². The molecule has 1 fully saturated rings. The highest BCUT2D eigenvalue weighted by Crippen LogP contribution is 2.51. The average molecular weight is 268 g/mol. The number of hydrogen-bond acceptors (Lipinski definition) is 4. The summed E-state index contributed by atoms with van der Waals surface area (Å²) >= 11 is 6.39. The predicted molar refractivity (Wildman–Crippen MR) is 53.5 cm³/mol. The van der Waals surface area contributed by atoms with E-state index in [1.165, 1.54) is 0 Å². The number of thiazole rings is 1. The van der Waals surface area contributed by atoms with Crippen molar-refractivity contribution in [2.75, 3.05) is 5.32 Å². The van der Waals surface area contributed by atoms with Gasteiger partial charge in [-0.25, -0.2) is 4.98 Å². The van der Waals surface area contributed by atoms with Crippen molar-refractivity contribution in [3.8, 4) is 6.07 Å². The first-order valence-corrected chi connectivity index (χ1v) is 5.49. The molecule has 2 rings (SSSR count). The van der Waals surface area contributed by atoms with Gasteiger partial charge in [-0.05, 0) is 12.8 Å². The number of nitriles is 1. The molecule has 0 atom stereocenters. The van der Waals surface area contributed by atoms with E-state index in [1.807, 2.05) is 0 Å². The number of aromatic nitrogens is 1. The van der Waals surface area contributed by atoms with Crippen molar-refractivity contribution in [2.24, 2.45) is 0 Å².